The van der Waals surface area contributed by atoms with Gasteiger partial charge >= 0.3 is 0 Å². The summed E-state index contributed by atoms with van der Waals surface area (Å²) in [4.78, 5) is 12.8. The van der Waals surface area contributed by atoms with Crippen LogP contribution in [0.5, 0.6) is 0 Å². The molecule has 0 aliphatic heterocycles. The minimum absolute atomic E-state index is 0.161. The van der Waals surface area contributed by atoms with Crippen LogP contribution in [0.3, 0.4) is 0 Å². The van der Waals surface area contributed by atoms with Crippen LogP contribution in [0.1, 0.15) is 10.4 Å². The molecule has 28 heavy (non-hydrogen) atoms. The average molecular weight is 409 g/mol. The molecule has 140 valence electrons. The summed E-state index contributed by atoms with van der Waals surface area (Å²) in [5.41, 5.74) is 1.37. The lowest BCUT2D eigenvalue weighted by Crippen LogP contribution is -2.15. The van der Waals surface area contributed by atoms with E-state index in [2.05, 4.69) is 10.0 Å². The van der Waals surface area contributed by atoms with Crippen LogP contribution in [-0.2, 0) is 10.0 Å². The van der Waals surface area contributed by atoms with Crippen LogP contribution in [0, 0.1) is 0 Å². The molecule has 0 fully saturated rings. The maximum atomic E-state index is 12.6. The smallest absolute Gasteiger partial charge is 0.261 e. The molecule has 1 aromatic heterocycles. The van der Waals surface area contributed by atoms with E-state index in [1.54, 1.807) is 47.7 Å². The third-order valence-electron chi connectivity index (χ3n) is 4.14. The zero-order valence-corrected chi connectivity index (χ0v) is 16.3. The van der Waals surface area contributed by atoms with Crippen LogP contribution >= 0.6 is 11.3 Å². The summed E-state index contributed by atoms with van der Waals surface area (Å²) in [5, 5.41) is 5.91. The van der Waals surface area contributed by atoms with Crippen molar-refractivity contribution in [2.24, 2.45) is 0 Å². The van der Waals surface area contributed by atoms with E-state index in [4.69, 9.17) is 0 Å². The first kappa shape index (κ1) is 18.2. The molecule has 0 saturated carbocycles. The van der Waals surface area contributed by atoms with Gasteiger partial charge in [-0.05, 0) is 65.4 Å². The van der Waals surface area contributed by atoms with E-state index >= 15 is 0 Å². The summed E-state index contributed by atoms with van der Waals surface area (Å²) in [7, 11) is -3.71. The number of hydrogen-bond donors (Lipinski definition) is 2. The van der Waals surface area contributed by atoms with Gasteiger partial charge in [0.1, 0.15) is 0 Å². The number of nitrogens with one attached hydrogen (secondary N) is 2. The van der Waals surface area contributed by atoms with E-state index < -0.39 is 10.0 Å². The normalized spacial score (nSPS) is 11.3. The number of carbonyl (C=O) groups excluding carboxylic acids is 1. The summed E-state index contributed by atoms with van der Waals surface area (Å²) in [5.74, 6) is -0.310. The minimum Gasteiger partial charge on any atom is -0.322 e. The molecule has 5 nitrogen and oxygen atoms in total. The van der Waals surface area contributed by atoms with Crippen LogP contribution in [0.25, 0.3) is 10.1 Å². The van der Waals surface area contributed by atoms with Crippen molar-refractivity contribution >= 4 is 48.7 Å². The highest BCUT2D eigenvalue weighted by Gasteiger charge is 2.15. The fraction of sp³-hybridized carbons (Fsp3) is 0. The van der Waals surface area contributed by atoms with Crippen molar-refractivity contribution in [3.05, 3.63) is 89.8 Å². The van der Waals surface area contributed by atoms with Gasteiger partial charge in [0, 0.05) is 21.6 Å². The standard InChI is InChI=1S/C21H16N2O3S2/c24-21(22-17-9-10-20-15(13-17)11-12-27-20)16-5-4-6-18(14-16)23-28(25,26)19-7-2-1-3-8-19/h1-14,23H,(H,22,24). The number of amides is 1. The summed E-state index contributed by atoms with van der Waals surface area (Å²) in [6.45, 7) is 0. The molecule has 4 aromatic rings. The highest BCUT2D eigenvalue weighted by atomic mass is 32.2. The van der Waals surface area contributed by atoms with Crippen LogP contribution < -0.4 is 10.0 Å². The molecule has 1 amide bonds. The fourth-order valence-electron chi connectivity index (χ4n) is 2.79. The van der Waals surface area contributed by atoms with Gasteiger partial charge in [-0.25, -0.2) is 8.42 Å². The molecular weight excluding hydrogens is 392 g/mol. The third-order valence-corrected chi connectivity index (χ3v) is 6.44. The van der Waals surface area contributed by atoms with Crippen molar-refractivity contribution in [2.75, 3.05) is 10.0 Å². The van der Waals surface area contributed by atoms with Crippen molar-refractivity contribution in [3.63, 3.8) is 0 Å². The molecule has 0 saturated heterocycles. The molecule has 2 N–H and O–H groups in total. The number of thiophene rings is 1. The van der Waals surface area contributed by atoms with Crippen LogP contribution in [0.2, 0.25) is 0 Å². The van der Waals surface area contributed by atoms with Crippen molar-refractivity contribution in [1.82, 2.24) is 0 Å². The molecule has 0 aliphatic rings. The number of fused-ring (bicyclic) bond motifs is 1. The predicted molar refractivity (Wildman–Crippen MR) is 113 cm³/mol. The maximum Gasteiger partial charge on any atom is 0.261 e. The molecular formula is C21H16N2O3S2. The SMILES string of the molecule is O=C(Nc1ccc2sccc2c1)c1cccc(NS(=O)(=O)c2ccccc2)c1. The van der Waals surface area contributed by atoms with Crippen molar-refractivity contribution in [2.45, 2.75) is 4.90 Å². The Labute approximate surface area is 166 Å². The van der Waals surface area contributed by atoms with Gasteiger partial charge in [0.15, 0.2) is 0 Å². The first-order valence-electron chi connectivity index (χ1n) is 8.48. The number of benzene rings is 3. The molecule has 4 rings (SSSR count). The Morgan fingerprint density at radius 2 is 1.64 bits per heavy atom. The monoisotopic (exact) mass is 408 g/mol. The van der Waals surface area contributed by atoms with E-state index in [1.165, 1.54) is 18.2 Å². The second-order valence-electron chi connectivity index (χ2n) is 6.13. The number of hydrogen-bond acceptors (Lipinski definition) is 4. The lowest BCUT2D eigenvalue weighted by atomic mass is 10.2. The highest BCUT2D eigenvalue weighted by molar-refractivity contribution is 7.92. The largest absolute Gasteiger partial charge is 0.322 e. The Balaban J connectivity index is 1.53. The summed E-state index contributed by atoms with van der Waals surface area (Å²) in [6.07, 6.45) is 0. The molecule has 0 radical (unpaired) electrons. The summed E-state index contributed by atoms with van der Waals surface area (Å²) < 4.78 is 28.6. The fourth-order valence-corrected chi connectivity index (χ4v) is 4.63. The van der Waals surface area contributed by atoms with Crippen molar-refractivity contribution < 1.29 is 13.2 Å². The topological polar surface area (TPSA) is 75.3 Å². The lowest BCUT2D eigenvalue weighted by molar-refractivity contribution is 0.102. The van der Waals surface area contributed by atoms with E-state index in [0.29, 0.717) is 16.9 Å². The van der Waals surface area contributed by atoms with E-state index in [0.717, 1.165) is 10.1 Å². The van der Waals surface area contributed by atoms with Gasteiger partial charge in [0.05, 0.1) is 4.90 Å². The zero-order chi connectivity index (χ0) is 19.6. The Morgan fingerprint density at radius 3 is 2.46 bits per heavy atom. The molecule has 0 unspecified atom stereocenters. The third kappa shape index (κ3) is 3.90. The van der Waals surface area contributed by atoms with Gasteiger partial charge in [0.2, 0.25) is 0 Å². The molecule has 7 heteroatoms. The van der Waals surface area contributed by atoms with Crippen molar-refractivity contribution in [3.8, 4) is 0 Å². The second-order valence-corrected chi connectivity index (χ2v) is 8.76. The van der Waals surface area contributed by atoms with Gasteiger partial charge < -0.3 is 5.32 Å². The highest BCUT2D eigenvalue weighted by Crippen LogP contribution is 2.24. The molecule has 0 bridgehead atoms. The Bertz CT molecular complexity index is 1250. The van der Waals surface area contributed by atoms with Crippen LogP contribution in [0.15, 0.2) is 89.1 Å². The summed E-state index contributed by atoms with van der Waals surface area (Å²) >= 11 is 1.64. The maximum absolute atomic E-state index is 12.6. The van der Waals surface area contributed by atoms with E-state index in [9.17, 15) is 13.2 Å². The number of sulfonamides is 1. The Hall–Kier alpha value is -3.16. The summed E-state index contributed by atoms with van der Waals surface area (Å²) in [6, 6.07) is 22.2. The second kappa shape index (κ2) is 7.46. The van der Waals surface area contributed by atoms with E-state index in [1.807, 2.05) is 29.6 Å². The van der Waals surface area contributed by atoms with Crippen LogP contribution in [0.4, 0.5) is 11.4 Å². The quantitative estimate of drug-likeness (QED) is 0.490. The molecule has 0 spiro atoms. The lowest BCUT2D eigenvalue weighted by Gasteiger charge is -2.10. The van der Waals surface area contributed by atoms with Crippen LogP contribution in [-0.4, -0.2) is 14.3 Å². The molecule has 3 aromatic carbocycles. The first-order valence-corrected chi connectivity index (χ1v) is 10.8. The Kier molecular flexibility index (Phi) is 4.85. The number of carbonyl (C=O) groups is 1. The Morgan fingerprint density at radius 1 is 0.821 bits per heavy atom. The van der Waals surface area contributed by atoms with Gasteiger partial charge in [-0.1, -0.05) is 24.3 Å². The number of rotatable bonds is 5. The average Bonchev–Trinajstić information content (AvgIpc) is 3.16. The predicted octanol–water partition coefficient (Wildman–Crippen LogP) is 4.95. The van der Waals surface area contributed by atoms with Gasteiger partial charge in [-0.15, -0.1) is 11.3 Å². The van der Waals surface area contributed by atoms with E-state index in [-0.39, 0.29) is 10.8 Å². The molecule has 0 atom stereocenters. The van der Waals surface area contributed by atoms with Gasteiger partial charge in [-0.2, -0.15) is 0 Å². The van der Waals surface area contributed by atoms with Gasteiger partial charge in [0.25, 0.3) is 15.9 Å². The number of anilines is 2. The minimum atomic E-state index is -3.71. The van der Waals surface area contributed by atoms with Gasteiger partial charge in [-0.3, -0.25) is 9.52 Å². The first-order chi connectivity index (χ1) is 13.5. The zero-order valence-electron chi connectivity index (χ0n) is 14.6. The molecule has 0 aliphatic carbocycles. The molecule has 1 heterocycles. The van der Waals surface area contributed by atoms with Crippen molar-refractivity contribution in [1.29, 1.82) is 0 Å².